The first kappa shape index (κ1) is 23.6. The largest absolute Gasteiger partial charge is 0.481 e. The molecule has 0 saturated carbocycles. The van der Waals surface area contributed by atoms with Gasteiger partial charge in [-0.3, -0.25) is 15.1 Å². The Morgan fingerprint density at radius 3 is 2.56 bits per heavy atom. The average molecular weight is 504 g/mol. The van der Waals surface area contributed by atoms with Crippen LogP contribution in [0.4, 0.5) is 15.9 Å². The van der Waals surface area contributed by atoms with E-state index in [0.29, 0.717) is 43.6 Å². The molecule has 0 unspecified atom stereocenters. The van der Waals surface area contributed by atoms with Gasteiger partial charge in [-0.25, -0.2) is 19.7 Å². The zero-order valence-corrected chi connectivity index (χ0v) is 20.5. The lowest BCUT2D eigenvalue weighted by atomic mass is 9.97. The summed E-state index contributed by atoms with van der Waals surface area (Å²) in [4.78, 5) is 43.6. The molecule has 1 aliphatic rings. The highest BCUT2D eigenvalue weighted by atomic mass is 32.1. The van der Waals surface area contributed by atoms with Crippen LogP contribution in [0, 0.1) is 5.92 Å². The zero-order chi connectivity index (χ0) is 25.1. The van der Waals surface area contributed by atoms with Crippen LogP contribution in [0.15, 0.2) is 48.9 Å². The molecule has 0 bridgehead atoms. The number of carbonyl (C=O) groups is 2. The highest BCUT2D eigenvalue weighted by Gasteiger charge is 2.25. The van der Waals surface area contributed by atoms with Gasteiger partial charge >= 0.3 is 12.0 Å². The average Bonchev–Trinajstić information content (AvgIpc) is 3.31. The van der Waals surface area contributed by atoms with E-state index in [1.807, 2.05) is 42.2 Å². The third kappa shape index (κ3) is 4.96. The Morgan fingerprint density at radius 2 is 1.89 bits per heavy atom. The normalized spacial score (nSPS) is 14.1. The molecule has 0 radical (unpaired) electrons. The lowest BCUT2D eigenvalue weighted by molar-refractivity contribution is -0.142. The number of hydrogen-bond donors (Lipinski definition) is 3. The molecule has 2 amide bonds. The highest BCUT2D eigenvalue weighted by Crippen LogP contribution is 2.38. The van der Waals surface area contributed by atoms with Crippen molar-refractivity contribution in [2.24, 2.45) is 5.92 Å². The molecular weight excluding hydrogens is 478 g/mol. The summed E-state index contributed by atoms with van der Waals surface area (Å²) in [6, 6.07) is 9.43. The molecule has 4 heterocycles. The van der Waals surface area contributed by atoms with Crippen LogP contribution in [-0.4, -0.2) is 56.7 Å². The summed E-state index contributed by atoms with van der Waals surface area (Å²) in [6.07, 6.45) is 6.46. The number of rotatable bonds is 6. The molecule has 3 N–H and O–H groups in total. The number of amides is 2. The molecule has 0 spiro atoms. The van der Waals surface area contributed by atoms with Crippen molar-refractivity contribution in [1.29, 1.82) is 0 Å². The first-order chi connectivity index (χ1) is 17.5. The smallest absolute Gasteiger partial charge is 0.321 e. The summed E-state index contributed by atoms with van der Waals surface area (Å²) >= 11 is 1.40. The molecule has 36 heavy (non-hydrogen) atoms. The third-order valence-corrected chi connectivity index (χ3v) is 7.11. The van der Waals surface area contributed by atoms with E-state index in [4.69, 9.17) is 0 Å². The van der Waals surface area contributed by atoms with Crippen LogP contribution in [0.2, 0.25) is 0 Å². The number of benzene rings is 1. The maximum absolute atomic E-state index is 12.0. The summed E-state index contributed by atoms with van der Waals surface area (Å²) in [5.74, 6) is -0.449. The minimum Gasteiger partial charge on any atom is -0.481 e. The molecular formula is C25H25N7O3S. The van der Waals surface area contributed by atoms with E-state index in [9.17, 15) is 14.7 Å². The summed E-state index contributed by atoms with van der Waals surface area (Å²) in [5, 5.41) is 15.2. The number of piperidine rings is 1. The number of aromatic nitrogens is 4. The first-order valence-electron chi connectivity index (χ1n) is 11.7. The minimum absolute atomic E-state index is 0.299. The van der Waals surface area contributed by atoms with Gasteiger partial charge in [0.25, 0.3) is 0 Å². The van der Waals surface area contributed by atoms with E-state index < -0.39 is 5.97 Å². The molecule has 184 valence electrons. The number of carboxylic acids is 1. The molecule has 3 aromatic heterocycles. The molecule has 10 nitrogen and oxygen atoms in total. The van der Waals surface area contributed by atoms with Gasteiger partial charge in [0.05, 0.1) is 21.8 Å². The third-order valence-electron chi connectivity index (χ3n) is 6.09. The quantitative estimate of drug-likeness (QED) is 0.355. The van der Waals surface area contributed by atoms with Crippen molar-refractivity contribution >= 4 is 44.6 Å². The van der Waals surface area contributed by atoms with Gasteiger partial charge in [-0.1, -0.05) is 17.4 Å². The van der Waals surface area contributed by atoms with Gasteiger partial charge in [-0.2, -0.15) is 0 Å². The molecule has 0 aliphatic carbocycles. The Labute approximate surface area is 211 Å². The first-order valence-corrected chi connectivity index (χ1v) is 12.5. The Balaban J connectivity index is 1.47. The Kier molecular flexibility index (Phi) is 6.72. The van der Waals surface area contributed by atoms with Gasteiger partial charge in [-0.15, -0.1) is 0 Å². The SMILES string of the molecule is CCNC(=O)Nc1nc2cc(-c3cnc(N4CCC(C(=O)O)CC4)nc3)cc(-c3ccccn3)c2s1. The van der Waals surface area contributed by atoms with Crippen molar-refractivity contribution in [3.63, 3.8) is 0 Å². The summed E-state index contributed by atoms with van der Waals surface area (Å²) in [6.45, 7) is 3.61. The van der Waals surface area contributed by atoms with Crippen LogP contribution in [-0.2, 0) is 4.79 Å². The number of nitrogens with zero attached hydrogens (tertiary/aromatic N) is 5. The molecule has 11 heteroatoms. The monoisotopic (exact) mass is 503 g/mol. The highest BCUT2D eigenvalue weighted by molar-refractivity contribution is 7.22. The lowest BCUT2D eigenvalue weighted by Gasteiger charge is -2.30. The maximum atomic E-state index is 12.0. The summed E-state index contributed by atoms with van der Waals surface area (Å²) in [5.41, 5.74) is 4.16. The van der Waals surface area contributed by atoms with E-state index in [-0.39, 0.29) is 11.9 Å². The second kappa shape index (κ2) is 10.2. The van der Waals surface area contributed by atoms with Gasteiger partial charge in [0.1, 0.15) is 0 Å². The standard InChI is InChI=1S/C25H25N7O3S/c1-2-26-24(35)31-25-30-20-12-16(11-18(21(20)36-25)19-5-3-4-8-27-19)17-13-28-23(29-14-17)32-9-6-15(7-10-32)22(33)34/h3-5,8,11-15H,2,6-7,9-10H2,1H3,(H,33,34)(H2,26,30,31,35). The van der Waals surface area contributed by atoms with Gasteiger partial charge < -0.3 is 15.3 Å². The molecule has 1 aliphatic heterocycles. The Hall–Kier alpha value is -4.12. The van der Waals surface area contributed by atoms with Gasteiger partial charge in [0, 0.05) is 49.4 Å². The van der Waals surface area contributed by atoms with Crippen LogP contribution in [0.1, 0.15) is 19.8 Å². The Morgan fingerprint density at radius 1 is 1.11 bits per heavy atom. The number of hydrogen-bond acceptors (Lipinski definition) is 8. The van der Waals surface area contributed by atoms with Crippen molar-refractivity contribution in [2.45, 2.75) is 19.8 Å². The molecule has 4 aromatic rings. The second-order valence-corrected chi connectivity index (χ2v) is 9.46. The number of urea groups is 1. The number of nitrogens with one attached hydrogen (secondary N) is 2. The molecule has 1 saturated heterocycles. The van der Waals surface area contributed by atoms with Crippen molar-refractivity contribution in [1.82, 2.24) is 25.3 Å². The van der Waals surface area contributed by atoms with E-state index in [0.717, 1.165) is 32.6 Å². The van der Waals surface area contributed by atoms with Crippen LogP contribution >= 0.6 is 11.3 Å². The fourth-order valence-corrected chi connectivity index (χ4v) is 5.19. The predicted molar refractivity (Wildman–Crippen MR) is 139 cm³/mol. The van der Waals surface area contributed by atoms with Gasteiger partial charge in [0.2, 0.25) is 5.95 Å². The summed E-state index contributed by atoms with van der Waals surface area (Å²) < 4.78 is 0.920. The number of fused-ring (bicyclic) bond motifs is 1. The maximum Gasteiger partial charge on any atom is 0.321 e. The van der Waals surface area contributed by atoms with Crippen molar-refractivity contribution < 1.29 is 14.7 Å². The number of pyridine rings is 1. The molecule has 0 atom stereocenters. The fourth-order valence-electron chi connectivity index (χ4n) is 4.23. The lowest BCUT2D eigenvalue weighted by Crippen LogP contribution is -2.37. The number of anilines is 2. The van der Waals surface area contributed by atoms with E-state index >= 15 is 0 Å². The van der Waals surface area contributed by atoms with Crippen LogP contribution in [0.25, 0.3) is 32.6 Å². The number of thiazole rings is 1. The van der Waals surface area contributed by atoms with Gasteiger partial charge in [0.15, 0.2) is 5.13 Å². The van der Waals surface area contributed by atoms with E-state index in [2.05, 4.69) is 30.6 Å². The van der Waals surface area contributed by atoms with Crippen LogP contribution in [0.5, 0.6) is 0 Å². The van der Waals surface area contributed by atoms with Crippen LogP contribution in [0.3, 0.4) is 0 Å². The van der Waals surface area contributed by atoms with Crippen molar-refractivity contribution in [3.8, 4) is 22.4 Å². The molecule has 5 rings (SSSR count). The fraction of sp³-hybridized carbons (Fsp3) is 0.280. The zero-order valence-electron chi connectivity index (χ0n) is 19.6. The van der Waals surface area contributed by atoms with Crippen molar-refractivity contribution in [3.05, 3.63) is 48.9 Å². The van der Waals surface area contributed by atoms with Gasteiger partial charge in [-0.05, 0) is 49.6 Å². The predicted octanol–water partition coefficient (Wildman–Crippen LogP) is 4.26. The molecule has 1 fully saturated rings. The number of carbonyl (C=O) groups excluding carboxylic acids is 1. The van der Waals surface area contributed by atoms with Crippen LogP contribution < -0.4 is 15.5 Å². The summed E-state index contributed by atoms with van der Waals surface area (Å²) in [7, 11) is 0. The van der Waals surface area contributed by atoms with E-state index in [1.54, 1.807) is 18.6 Å². The van der Waals surface area contributed by atoms with Crippen molar-refractivity contribution in [2.75, 3.05) is 29.9 Å². The second-order valence-electron chi connectivity index (χ2n) is 8.46. The number of aliphatic carboxylic acids is 1. The topological polar surface area (TPSA) is 133 Å². The minimum atomic E-state index is -0.739. The molecule has 1 aromatic carbocycles. The van der Waals surface area contributed by atoms with E-state index in [1.165, 1.54) is 11.3 Å². The Bertz CT molecular complexity index is 1380. The number of carboxylic acid groups (broad SMARTS) is 1.